The molecule has 31 heavy (non-hydrogen) atoms. The third-order valence-corrected chi connectivity index (χ3v) is 6.56. The van der Waals surface area contributed by atoms with E-state index in [0.717, 1.165) is 55.6 Å². The predicted octanol–water partition coefficient (Wildman–Crippen LogP) is 8.16. The van der Waals surface area contributed by atoms with Gasteiger partial charge in [-0.15, -0.1) is 0 Å². The first-order chi connectivity index (χ1) is 14.9. The second kappa shape index (κ2) is 11.2. The predicted molar refractivity (Wildman–Crippen MR) is 120 cm³/mol. The Kier molecular flexibility index (Phi) is 8.59. The Hall–Kier alpha value is -1.81. The number of alkyl halides is 2. The number of aryl methyl sites for hydroxylation is 1. The highest BCUT2D eigenvalue weighted by Crippen LogP contribution is 2.39. The van der Waals surface area contributed by atoms with Crippen LogP contribution in [-0.2, 0) is 23.7 Å². The van der Waals surface area contributed by atoms with E-state index >= 15 is 0 Å². The Morgan fingerprint density at radius 1 is 0.871 bits per heavy atom. The molecule has 0 aromatic heterocycles. The molecule has 3 rings (SSSR count). The first-order valence-electron chi connectivity index (χ1n) is 11.8. The van der Waals surface area contributed by atoms with Gasteiger partial charge >= 0.3 is 6.11 Å². The fraction of sp³-hybridized carbons (Fsp3) is 0.556. The molecule has 0 radical (unpaired) electrons. The van der Waals surface area contributed by atoms with Gasteiger partial charge in [0.1, 0.15) is 5.82 Å². The number of ether oxygens (including phenoxy) is 1. The molecule has 1 saturated carbocycles. The first-order valence-corrected chi connectivity index (χ1v) is 11.8. The molecule has 0 heterocycles. The summed E-state index contributed by atoms with van der Waals surface area (Å²) in [6.45, 7) is 4.15. The average molecular weight is 433 g/mol. The largest absolute Gasteiger partial charge is 0.386 e. The highest BCUT2D eigenvalue weighted by atomic mass is 19.3. The third-order valence-electron chi connectivity index (χ3n) is 6.56. The number of benzene rings is 2. The molecule has 1 aliphatic rings. The number of hydrogen-bond acceptors (Lipinski definition) is 1. The van der Waals surface area contributed by atoms with Crippen molar-refractivity contribution in [3.05, 3.63) is 70.5 Å². The molecule has 0 spiro atoms. The summed E-state index contributed by atoms with van der Waals surface area (Å²) < 4.78 is 48.5. The molecule has 0 N–H and O–H groups in total. The van der Waals surface area contributed by atoms with Crippen LogP contribution in [0, 0.1) is 11.7 Å². The van der Waals surface area contributed by atoms with Gasteiger partial charge in [-0.2, -0.15) is 8.78 Å². The van der Waals surface area contributed by atoms with Crippen LogP contribution >= 0.6 is 0 Å². The van der Waals surface area contributed by atoms with Crippen molar-refractivity contribution in [2.24, 2.45) is 5.92 Å². The van der Waals surface area contributed by atoms with E-state index in [4.69, 9.17) is 4.74 Å². The molecule has 0 aliphatic heterocycles. The van der Waals surface area contributed by atoms with E-state index in [2.05, 4.69) is 13.8 Å². The third kappa shape index (κ3) is 6.58. The van der Waals surface area contributed by atoms with Crippen LogP contribution in [0.25, 0.3) is 0 Å². The highest BCUT2D eigenvalue weighted by Gasteiger charge is 2.36. The summed E-state index contributed by atoms with van der Waals surface area (Å²) in [6.07, 6.45) is 5.53. The van der Waals surface area contributed by atoms with Gasteiger partial charge in [-0.1, -0.05) is 63.4 Å². The number of halogens is 3. The number of rotatable bonds is 10. The number of hydrogen-bond donors (Lipinski definition) is 0. The average Bonchev–Trinajstić information content (AvgIpc) is 2.75. The Balaban J connectivity index is 1.55. The summed E-state index contributed by atoms with van der Waals surface area (Å²) in [7, 11) is 0. The SMILES string of the molecule is CCCc1ccc(CCOC(F)(F)c2ccc(C3CCC(CCC)CC3)cc2F)cc1. The first kappa shape index (κ1) is 23.8. The monoisotopic (exact) mass is 432 g/mol. The molecule has 1 aliphatic carbocycles. The van der Waals surface area contributed by atoms with Gasteiger partial charge in [0, 0.05) is 0 Å². The van der Waals surface area contributed by atoms with Crippen molar-refractivity contribution in [1.82, 2.24) is 0 Å². The summed E-state index contributed by atoms with van der Waals surface area (Å²) in [4.78, 5) is 0. The van der Waals surface area contributed by atoms with Crippen LogP contribution < -0.4 is 0 Å². The van der Waals surface area contributed by atoms with E-state index in [1.165, 1.54) is 30.5 Å². The van der Waals surface area contributed by atoms with Gasteiger partial charge in [-0.3, -0.25) is 0 Å². The fourth-order valence-corrected chi connectivity index (χ4v) is 4.75. The summed E-state index contributed by atoms with van der Waals surface area (Å²) >= 11 is 0. The van der Waals surface area contributed by atoms with Crippen molar-refractivity contribution in [1.29, 1.82) is 0 Å². The molecule has 0 saturated heterocycles. The molecule has 0 unspecified atom stereocenters. The molecule has 0 atom stereocenters. The Labute approximate surface area is 185 Å². The van der Waals surface area contributed by atoms with E-state index in [1.807, 2.05) is 24.3 Å². The highest BCUT2D eigenvalue weighted by molar-refractivity contribution is 5.29. The van der Waals surface area contributed by atoms with Gasteiger partial charge in [0.05, 0.1) is 12.2 Å². The van der Waals surface area contributed by atoms with Crippen LogP contribution in [-0.4, -0.2) is 6.61 Å². The fourth-order valence-electron chi connectivity index (χ4n) is 4.75. The standard InChI is InChI=1S/C27H35F3O/c1-3-5-20-7-9-22(10-8-20)17-18-31-27(29,30)25-16-15-24(19-26(25)28)23-13-11-21(6-4-2)12-14-23/h7-10,15-16,19,21,23H,3-6,11-14,17-18H2,1-2H3. The van der Waals surface area contributed by atoms with Gasteiger partial charge in [0.15, 0.2) is 0 Å². The van der Waals surface area contributed by atoms with Gasteiger partial charge in [-0.25, -0.2) is 4.39 Å². The van der Waals surface area contributed by atoms with Crippen LogP contribution in [0.1, 0.15) is 87.0 Å². The topological polar surface area (TPSA) is 9.23 Å². The second-order valence-electron chi connectivity index (χ2n) is 8.93. The summed E-state index contributed by atoms with van der Waals surface area (Å²) in [6, 6.07) is 12.1. The van der Waals surface area contributed by atoms with Crippen molar-refractivity contribution in [3.8, 4) is 0 Å². The van der Waals surface area contributed by atoms with Crippen LogP contribution in [0.5, 0.6) is 0 Å². The van der Waals surface area contributed by atoms with Crippen LogP contribution in [0.4, 0.5) is 13.2 Å². The molecule has 4 heteroatoms. The van der Waals surface area contributed by atoms with Crippen molar-refractivity contribution in [3.63, 3.8) is 0 Å². The maximum atomic E-state index is 14.6. The summed E-state index contributed by atoms with van der Waals surface area (Å²) in [5.74, 6) is 0.148. The zero-order valence-electron chi connectivity index (χ0n) is 18.8. The van der Waals surface area contributed by atoms with Crippen LogP contribution in [0.15, 0.2) is 42.5 Å². The van der Waals surface area contributed by atoms with Gasteiger partial charge < -0.3 is 4.74 Å². The molecule has 1 nitrogen and oxygen atoms in total. The summed E-state index contributed by atoms with van der Waals surface area (Å²) in [5.41, 5.74) is 2.33. The molecule has 2 aromatic carbocycles. The zero-order chi connectivity index (χ0) is 22.3. The lowest BCUT2D eigenvalue weighted by Gasteiger charge is -2.29. The normalized spacial score (nSPS) is 19.5. The van der Waals surface area contributed by atoms with Gasteiger partial charge in [0.2, 0.25) is 0 Å². The molecule has 0 bridgehead atoms. The van der Waals surface area contributed by atoms with Crippen molar-refractivity contribution in [2.45, 2.75) is 83.7 Å². The quantitative estimate of drug-likeness (QED) is 0.368. The molecule has 1 fully saturated rings. The Morgan fingerprint density at radius 3 is 2.10 bits per heavy atom. The van der Waals surface area contributed by atoms with Crippen molar-refractivity contribution >= 4 is 0 Å². The lowest BCUT2D eigenvalue weighted by molar-refractivity contribution is -0.249. The molecular formula is C27H35F3O. The van der Waals surface area contributed by atoms with E-state index in [0.29, 0.717) is 6.42 Å². The van der Waals surface area contributed by atoms with Gasteiger partial charge in [0.25, 0.3) is 0 Å². The summed E-state index contributed by atoms with van der Waals surface area (Å²) in [5, 5.41) is 0. The van der Waals surface area contributed by atoms with E-state index in [-0.39, 0.29) is 12.5 Å². The van der Waals surface area contributed by atoms with E-state index < -0.39 is 17.5 Å². The molecule has 0 amide bonds. The van der Waals surface area contributed by atoms with E-state index in [1.54, 1.807) is 6.07 Å². The second-order valence-corrected chi connectivity index (χ2v) is 8.93. The lowest BCUT2D eigenvalue weighted by Crippen LogP contribution is -2.22. The minimum atomic E-state index is -3.64. The zero-order valence-corrected chi connectivity index (χ0v) is 18.8. The Bertz CT molecular complexity index is 808. The van der Waals surface area contributed by atoms with Crippen molar-refractivity contribution in [2.75, 3.05) is 6.61 Å². The van der Waals surface area contributed by atoms with E-state index in [9.17, 15) is 13.2 Å². The molecular weight excluding hydrogens is 397 g/mol. The minimum Gasteiger partial charge on any atom is -0.316 e. The Morgan fingerprint density at radius 2 is 1.52 bits per heavy atom. The van der Waals surface area contributed by atoms with Crippen LogP contribution in [0.3, 0.4) is 0 Å². The maximum Gasteiger partial charge on any atom is 0.386 e. The van der Waals surface area contributed by atoms with Crippen molar-refractivity contribution < 1.29 is 17.9 Å². The maximum absolute atomic E-state index is 14.6. The molecule has 170 valence electrons. The smallest absolute Gasteiger partial charge is 0.316 e. The lowest BCUT2D eigenvalue weighted by atomic mass is 9.77. The van der Waals surface area contributed by atoms with Gasteiger partial charge in [-0.05, 0) is 79.2 Å². The molecule has 2 aromatic rings. The minimum absolute atomic E-state index is 0.164. The van der Waals surface area contributed by atoms with Crippen LogP contribution in [0.2, 0.25) is 0 Å².